The van der Waals surface area contributed by atoms with Gasteiger partial charge in [-0.15, -0.1) is 21.5 Å². The van der Waals surface area contributed by atoms with Crippen LogP contribution in [0.15, 0.2) is 51.3 Å². The molecule has 0 saturated carbocycles. The third kappa shape index (κ3) is 3.43. The van der Waals surface area contributed by atoms with Gasteiger partial charge in [-0.25, -0.2) is 9.97 Å². The van der Waals surface area contributed by atoms with E-state index in [4.69, 9.17) is 4.42 Å². The van der Waals surface area contributed by atoms with Crippen LogP contribution in [-0.2, 0) is 6.54 Å². The SMILES string of the molecule is Cc1c(-c2ccccc2)sc2ncnc(Sc3nnc(C[NH+]4CCCC4)o3)c12. The Morgan fingerprint density at radius 2 is 1.93 bits per heavy atom. The van der Waals surface area contributed by atoms with E-state index in [0.717, 1.165) is 21.8 Å². The van der Waals surface area contributed by atoms with Crippen molar-refractivity contribution in [3.8, 4) is 10.4 Å². The number of fused-ring (bicyclic) bond motifs is 1. The number of nitrogens with zero attached hydrogens (tertiary/aromatic N) is 4. The maximum atomic E-state index is 5.89. The first-order valence-corrected chi connectivity index (χ1v) is 11.0. The van der Waals surface area contributed by atoms with Crippen molar-refractivity contribution in [1.82, 2.24) is 20.2 Å². The van der Waals surface area contributed by atoms with Crippen molar-refractivity contribution in [2.75, 3.05) is 13.1 Å². The average Bonchev–Trinajstić information content (AvgIpc) is 3.45. The lowest BCUT2D eigenvalue weighted by Gasteiger charge is -2.07. The van der Waals surface area contributed by atoms with Crippen molar-refractivity contribution in [3.05, 3.63) is 48.1 Å². The molecular weight excluding hydrogens is 390 g/mol. The van der Waals surface area contributed by atoms with Gasteiger partial charge < -0.3 is 9.32 Å². The molecule has 0 radical (unpaired) electrons. The molecule has 0 atom stereocenters. The lowest BCUT2D eigenvalue weighted by atomic mass is 10.1. The maximum absolute atomic E-state index is 5.89. The molecule has 28 heavy (non-hydrogen) atoms. The average molecular weight is 411 g/mol. The van der Waals surface area contributed by atoms with Crippen molar-refractivity contribution in [1.29, 1.82) is 0 Å². The number of aromatic nitrogens is 4. The number of likely N-dealkylation sites (tertiary alicyclic amines) is 1. The molecule has 1 saturated heterocycles. The fourth-order valence-corrected chi connectivity index (χ4v) is 5.74. The third-order valence-electron chi connectivity index (χ3n) is 5.07. The van der Waals surface area contributed by atoms with E-state index >= 15 is 0 Å². The molecule has 0 spiro atoms. The Morgan fingerprint density at radius 3 is 2.75 bits per heavy atom. The van der Waals surface area contributed by atoms with E-state index in [1.54, 1.807) is 17.7 Å². The molecule has 1 fully saturated rings. The summed E-state index contributed by atoms with van der Waals surface area (Å²) in [7, 11) is 0. The van der Waals surface area contributed by atoms with Crippen LogP contribution < -0.4 is 4.90 Å². The Bertz CT molecular complexity index is 1100. The zero-order valence-corrected chi connectivity index (χ0v) is 17.1. The number of nitrogens with one attached hydrogen (secondary N) is 1. The van der Waals surface area contributed by atoms with Crippen molar-refractivity contribution in [2.45, 2.75) is 36.6 Å². The monoisotopic (exact) mass is 410 g/mol. The highest BCUT2D eigenvalue weighted by atomic mass is 32.2. The molecule has 6 nitrogen and oxygen atoms in total. The van der Waals surface area contributed by atoms with Crippen molar-refractivity contribution in [3.63, 3.8) is 0 Å². The van der Waals surface area contributed by atoms with Crippen LogP contribution in [0.3, 0.4) is 0 Å². The van der Waals surface area contributed by atoms with Crippen LogP contribution >= 0.6 is 23.1 Å². The number of hydrogen-bond donors (Lipinski definition) is 1. The molecule has 1 N–H and O–H groups in total. The van der Waals surface area contributed by atoms with Crippen LogP contribution in [0.4, 0.5) is 0 Å². The molecule has 0 unspecified atom stereocenters. The highest BCUT2D eigenvalue weighted by Gasteiger charge is 2.21. The quantitative estimate of drug-likeness (QED) is 0.509. The van der Waals surface area contributed by atoms with Gasteiger partial charge >= 0.3 is 0 Å². The summed E-state index contributed by atoms with van der Waals surface area (Å²) in [5.74, 6) is 0.705. The molecule has 8 heteroatoms. The molecule has 0 aliphatic carbocycles. The minimum absolute atomic E-state index is 0.542. The van der Waals surface area contributed by atoms with E-state index in [2.05, 4.69) is 51.4 Å². The van der Waals surface area contributed by atoms with Gasteiger partial charge in [-0.3, -0.25) is 0 Å². The minimum atomic E-state index is 0.542. The van der Waals surface area contributed by atoms with E-state index in [1.165, 1.54) is 58.6 Å². The van der Waals surface area contributed by atoms with Crippen LogP contribution in [-0.4, -0.2) is 33.3 Å². The highest BCUT2D eigenvalue weighted by molar-refractivity contribution is 7.99. The number of thiophene rings is 1. The Hall–Kier alpha value is -2.29. The smallest absolute Gasteiger partial charge is 0.283 e. The number of benzene rings is 1. The van der Waals surface area contributed by atoms with Crippen molar-refractivity contribution < 1.29 is 9.32 Å². The van der Waals surface area contributed by atoms with Gasteiger partial charge in [-0.05, 0) is 29.8 Å². The zero-order chi connectivity index (χ0) is 18.9. The summed E-state index contributed by atoms with van der Waals surface area (Å²) in [5, 5.41) is 10.9. The molecule has 1 aromatic carbocycles. The molecule has 4 aromatic rings. The predicted molar refractivity (Wildman–Crippen MR) is 110 cm³/mol. The van der Waals surface area contributed by atoms with Gasteiger partial charge in [-0.2, -0.15) is 0 Å². The van der Waals surface area contributed by atoms with Gasteiger partial charge in [0.25, 0.3) is 11.1 Å². The van der Waals surface area contributed by atoms with Crippen molar-refractivity contribution >= 4 is 33.3 Å². The molecule has 0 amide bonds. The van der Waals surface area contributed by atoms with Gasteiger partial charge in [0.15, 0.2) is 6.54 Å². The zero-order valence-electron chi connectivity index (χ0n) is 15.5. The molecular formula is C20H20N5OS2+. The highest BCUT2D eigenvalue weighted by Crippen LogP contribution is 2.41. The van der Waals surface area contributed by atoms with E-state index in [9.17, 15) is 0 Å². The summed E-state index contributed by atoms with van der Waals surface area (Å²) in [6, 6.07) is 10.4. The summed E-state index contributed by atoms with van der Waals surface area (Å²) < 4.78 is 5.89. The Balaban J connectivity index is 1.45. The summed E-state index contributed by atoms with van der Waals surface area (Å²) in [6.45, 7) is 5.31. The number of aryl methyl sites for hydroxylation is 1. The second kappa shape index (κ2) is 7.62. The van der Waals surface area contributed by atoms with Crippen LogP contribution in [0.5, 0.6) is 0 Å². The predicted octanol–water partition coefficient (Wildman–Crippen LogP) is 3.38. The van der Waals surface area contributed by atoms with Gasteiger partial charge in [0.05, 0.1) is 13.1 Å². The van der Waals surface area contributed by atoms with Gasteiger partial charge in [0, 0.05) is 23.1 Å². The molecule has 0 bridgehead atoms. The van der Waals surface area contributed by atoms with Gasteiger partial charge in [-0.1, -0.05) is 30.3 Å². The minimum Gasteiger partial charge on any atom is -0.410 e. The van der Waals surface area contributed by atoms with Crippen LogP contribution in [0, 0.1) is 6.92 Å². The van der Waals surface area contributed by atoms with E-state index in [1.807, 2.05) is 6.07 Å². The summed E-state index contributed by atoms with van der Waals surface area (Å²) in [6.07, 6.45) is 4.18. The fourth-order valence-electron chi connectivity index (χ4n) is 3.68. The van der Waals surface area contributed by atoms with Gasteiger partial charge in [0.2, 0.25) is 0 Å². The maximum Gasteiger partial charge on any atom is 0.283 e. The molecule has 142 valence electrons. The molecule has 3 aromatic heterocycles. The molecule has 5 rings (SSSR count). The number of hydrogen-bond acceptors (Lipinski definition) is 7. The second-order valence-corrected chi connectivity index (χ2v) is 8.92. The van der Waals surface area contributed by atoms with Crippen LogP contribution in [0.25, 0.3) is 20.7 Å². The van der Waals surface area contributed by atoms with Gasteiger partial charge in [0.1, 0.15) is 16.2 Å². The Kier molecular flexibility index (Phi) is 4.84. The van der Waals surface area contributed by atoms with Crippen LogP contribution in [0.2, 0.25) is 0 Å². The first-order chi connectivity index (χ1) is 13.8. The normalized spacial score (nSPS) is 14.9. The number of rotatable bonds is 5. The summed E-state index contributed by atoms with van der Waals surface area (Å²) in [5.41, 5.74) is 2.39. The Morgan fingerprint density at radius 1 is 1.11 bits per heavy atom. The first kappa shape index (κ1) is 17.8. The van der Waals surface area contributed by atoms with E-state index in [0.29, 0.717) is 11.1 Å². The van der Waals surface area contributed by atoms with Crippen LogP contribution in [0.1, 0.15) is 24.3 Å². The molecule has 4 heterocycles. The summed E-state index contributed by atoms with van der Waals surface area (Å²) >= 11 is 3.12. The van der Waals surface area contributed by atoms with E-state index < -0.39 is 0 Å². The van der Waals surface area contributed by atoms with Crippen molar-refractivity contribution in [2.24, 2.45) is 0 Å². The molecule has 1 aliphatic heterocycles. The largest absolute Gasteiger partial charge is 0.410 e. The number of quaternary nitrogens is 1. The summed E-state index contributed by atoms with van der Waals surface area (Å²) in [4.78, 5) is 12.7. The lowest BCUT2D eigenvalue weighted by Crippen LogP contribution is -3.08. The van der Waals surface area contributed by atoms with E-state index in [-0.39, 0.29) is 0 Å². The third-order valence-corrected chi connectivity index (χ3v) is 7.16. The standard InChI is InChI=1S/C20H19N5OS2/c1-13-16-18(27-17(13)14-7-3-2-4-8-14)21-12-22-19(16)28-20-24-23-15(26-20)11-25-9-5-6-10-25/h2-4,7-8,12H,5-6,9-11H2,1H3/p+1. The second-order valence-electron chi connectivity index (χ2n) is 6.98. The molecule has 1 aliphatic rings. The first-order valence-electron chi connectivity index (χ1n) is 9.41. The lowest BCUT2D eigenvalue weighted by molar-refractivity contribution is -0.902. The topological polar surface area (TPSA) is 69.1 Å². The Labute approximate surface area is 171 Å². The fraction of sp³-hybridized carbons (Fsp3) is 0.300.